The van der Waals surface area contributed by atoms with Crippen LogP contribution in [-0.2, 0) is 9.53 Å². The van der Waals surface area contributed by atoms with Crippen LogP contribution in [0.4, 0.5) is 0 Å². The lowest BCUT2D eigenvalue weighted by Crippen LogP contribution is -2.47. The molecule has 2 aliphatic rings. The average molecular weight is 226 g/mol. The van der Waals surface area contributed by atoms with Gasteiger partial charge in [0.25, 0.3) is 0 Å². The summed E-state index contributed by atoms with van der Waals surface area (Å²) in [6.45, 7) is 7.96. The van der Waals surface area contributed by atoms with Crippen molar-refractivity contribution in [1.82, 2.24) is 9.80 Å². The molecule has 0 aliphatic carbocycles. The molecule has 0 saturated carbocycles. The Hall–Kier alpha value is -0.610. The van der Waals surface area contributed by atoms with Crippen LogP contribution in [0.3, 0.4) is 0 Å². The van der Waals surface area contributed by atoms with Gasteiger partial charge in [-0.15, -0.1) is 0 Å². The Balaban J connectivity index is 1.77. The summed E-state index contributed by atoms with van der Waals surface area (Å²) in [4.78, 5) is 16.2. The molecule has 16 heavy (non-hydrogen) atoms. The van der Waals surface area contributed by atoms with Gasteiger partial charge in [-0.2, -0.15) is 0 Å². The molecular weight excluding hydrogens is 204 g/mol. The summed E-state index contributed by atoms with van der Waals surface area (Å²) in [5, 5.41) is 0. The minimum atomic E-state index is 0.275. The van der Waals surface area contributed by atoms with Crippen LogP contribution in [0.15, 0.2) is 0 Å². The molecule has 4 nitrogen and oxygen atoms in total. The summed E-state index contributed by atoms with van der Waals surface area (Å²) in [5.41, 5.74) is 0. The van der Waals surface area contributed by atoms with E-state index in [4.69, 9.17) is 4.74 Å². The lowest BCUT2D eigenvalue weighted by atomic mass is 10.0. The first-order valence-corrected chi connectivity index (χ1v) is 6.33. The number of morpholine rings is 1. The van der Waals surface area contributed by atoms with Crippen molar-refractivity contribution in [1.29, 1.82) is 0 Å². The molecule has 2 aliphatic heterocycles. The zero-order valence-electron chi connectivity index (χ0n) is 10.2. The first kappa shape index (κ1) is 11.9. The fourth-order valence-electron chi connectivity index (χ4n) is 2.53. The first-order chi connectivity index (χ1) is 7.75. The molecule has 1 amide bonds. The molecule has 2 heterocycles. The summed E-state index contributed by atoms with van der Waals surface area (Å²) in [6.07, 6.45) is 2.54. The van der Waals surface area contributed by atoms with Crippen LogP contribution in [0.2, 0.25) is 0 Å². The standard InChI is InChI=1S/C12H22N2O2/c1-11-3-2-4-13(9-11)10-12(15)14-5-7-16-8-6-14/h11H,2-10H2,1H3. The van der Waals surface area contributed by atoms with Crippen molar-refractivity contribution in [2.24, 2.45) is 5.92 Å². The smallest absolute Gasteiger partial charge is 0.236 e. The van der Waals surface area contributed by atoms with E-state index in [1.165, 1.54) is 12.8 Å². The molecule has 92 valence electrons. The van der Waals surface area contributed by atoms with Crippen molar-refractivity contribution in [2.75, 3.05) is 45.9 Å². The van der Waals surface area contributed by atoms with Gasteiger partial charge in [-0.05, 0) is 25.3 Å². The SMILES string of the molecule is CC1CCCN(CC(=O)N2CCOCC2)C1. The van der Waals surface area contributed by atoms with Gasteiger partial charge < -0.3 is 9.64 Å². The van der Waals surface area contributed by atoms with Gasteiger partial charge in [-0.3, -0.25) is 9.69 Å². The monoisotopic (exact) mass is 226 g/mol. The fourth-order valence-corrected chi connectivity index (χ4v) is 2.53. The van der Waals surface area contributed by atoms with Crippen molar-refractivity contribution in [2.45, 2.75) is 19.8 Å². The summed E-state index contributed by atoms with van der Waals surface area (Å²) < 4.78 is 5.25. The summed E-state index contributed by atoms with van der Waals surface area (Å²) >= 11 is 0. The van der Waals surface area contributed by atoms with Crippen LogP contribution < -0.4 is 0 Å². The van der Waals surface area contributed by atoms with E-state index in [1.807, 2.05) is 4.90 Å². The number of hydrogen-bond acceptors (Lipinski definition) is 3. The summed E-state index contributed by atoms with van der Waals surface area (Å²) in [5.74, 6) is 1.02. The third kappa shape index (κ3) is 3.19. The van der Waals surface area contributed by atoms with E-state index in [9.17, 15) is 4.79 Å². The number of hydrogen-bond donors (Lipinski definition) is 0. The maximum atomic E-state index is 12.0. The van der Waals surface area contributed by atoms with E-state index in [-0.39, 0.29) is 5.91 Å². The molecule has 4 heteroatoms. The molecule has 1 atom stereocenters. The lowest BCUT2D eigenvalue weighted by Gasteiger charge is -2.33. The minimum Gasteiger partial charge on any atom is -0.378 e. The number of amides is 1. The minimum absolute atomic E-state index is 0.275. The van der Waals surface area contributed by atoms with Crippen molar-refractivity contribution < 1.29 is 9.53 Å². The van der Waals surface area contributed by atoms with E-state index in [0.717, 1.165) is 32.1 Å². The quantitative estimate of drug-likeness (QED) is 0.690. The number of carbonyl (C=O) groups excluding carboxylic acids is 1. The molecule has 0 N–H and O–H groups in total. The Morgan fingerprint density at radius 2 is 2.06 bits per heavy atom. The highest BCUT2D eigenvalue weighted by Gasteiger charge is 2.22. The molecule has 0 aromatic heterocycles. The van der Waals surface area contributed by atoms with Gasteiger partial charge in [0.15, 0.2) is 0 Å². The second-order valence-electron chi connectivity index (χ2n) is 4.98. The predicted octanol–water partition coefficient (Wildman–Crippen LogP) is 0.577. The molecule has 0 aromatic carbocycles. The van der Waals surface area contributed by atoms with Crippen molar-refractivity contribution >= 4 is 5.91 Å². The highest BCUT2D eigenvalue weighted by atomic mass is 16.5. The number of nitrogens with zero attached hydrogens (tertiary/aromatic N) is 2. The largest absolute Gasteiger partial charge is 0.378 e. The predicted molar refractivity (Wildman–Crippen MR) is 62.2 cm³/mol. The number of rotatable bonds is 2. The molecular formula is C12H22N2O2. The van der Waals surface area contributed by atoms with Gasteiger partial charge in [-0.1, -0.05) is 6.92 Å². The van der Waals surface area contributed by atoms with Crippen LogP contribution in [0.25, 0.3) is 0 Å². The van der Waals surface area contributed by atoms with Crippen LogP contribution in [0.5, 0.6) is 0 Å². The molecule has 0 spiro atoms. The van der Waals surface area contributed by atoms with Crippen molar-refractivity contribution in [3.05, 3.63) is 0 Å². The van der Waals surface area contributed by atoms with Crippen LogP contribution >= 0.6 is 0 Å². The molecule has 0 radical (unpaired) electrons. The Bertz CT molecular complexity index is 239. The lowest BCUT2D eigenvalue weighted by molar-refractivity contribution is -0.136. The Kier molecular flexibility index (Phi) is 4.18. The second kappa shape index (κ2) is 5.64. The van der Waals surface area contributed by atoms with E-state index < -0.39 is 0 Å². The fraction of sp³-hybridized carbons (Fsp3) is 0.917. The zero-order chi connectivity index (χ0) is 11.4. The topological polar surface area (TPSA) is 32.8 Å². The maximum absolute atomic E-state index is 12.0. The highest BCUT2D eigenvalue weighted by molar-refractivity contribution is 5.78. The molecule has 0 bridgehead atoms. The van der Waals surface area contributed by atoms with Crippen LogP contribution in [0.1, 0.15) is 19.8 Å². The Morgan fingerprint density at radius 3 is 2.75 bits per heavy atom. The zero-order valence-corrected chi connectivity index (χ0v) is 10.2. The van der Waals surface area contributed by atoms with E-state index >= 15 is 0 Å². The summed E-state index contributed by atoms with van der Waals surface area (Å²) in [6, 6.07) is 0. The molecule has 2 rings (SSSR count). The van der Waals surface area contributed by atoms with Gasteiger partial charge >= 0.3 is 0 Å². The Morgan fingerprint density at radius 1 is 1.31 bits per heavy atom. The normalized spacial score (nSPS) is 28.1. The van der Waals surface area contributed by atoms with Gasteiger partial charge in [-0.25, -0.2) is 0 Å². The first-order valence-electron chi connectivity index (χ1n) is 6.33. The van der Waals surface area contributed by atoms with Crippen molar-refractivity contribution in [3.8, 4) is 0 Å². The molecule has 2 fully saturated rings. The van der Waals surface area contributed by atoms with Gasteiger partial charge in [0.1, 0.15) is 0 Å². The second-order valence-corrected chi connectivity index (χ2v) is 4.98. The molecule has 2 saturated heterocycles. The molecule has 1 unspecified atom stereocenters. The summed E-state index contributed by atoms with van der Waals surface area (Å²) in [7, 11) is 0. The van der Waals surface area contributed by atoms with Gasteiger partial charge in [0.2, 0.25) is 5.91 Å². The third-order valence-corrected chi connectivity index (χ3v) is 3.46. The highest BCUT2D eigenvalue weighted by Crippen LogP contribution is 2.15. The van der Waals surface area contributed by atoms with E-state index in [2.05, 4.69) is 11.8 Å². The van der Waals surface area contributed by atoms with Crippen LogP contribution in [0, 0.1) is 5.92 Å². The maximum Gasteiger partial charge on any atom is 0.236 e. The number of ether oxygens (including phenoxy) is 1. The third-order valence-electron chi connectivity index (χ3n) is 3.46. The average Bonchev–Trinajstić information content (AvgIpc) is 2.30. The van der Waals surface area contributed by atoms with Crippen LogP contribution in [-0.4, -0.2) is 61.6 Å². The number of piperidine rings is 1. The Labute approximate surface area is 97.5 Å². The van der Waals surface area contributed by atoms with E-state index in [0.29, 0.717) is 19.8 Å². The van der Waals surface area contributed by atoms with Gasteiger partial charge in [0, 0.05) is 19.6 Å². The van der Waals surface area contributed by atoms with Gasteiger partial charge in [0.05, 0.1) is 19.8 Å². The molecule has 0 aromatic rings. The number of carbonyl (C=O) groups is 1. The van der Waals surface area contributed by atoms with Crippen molar-refractivity contribution in [3.63, 3.8) is 0 Å². The number of likely N-dealkylation sites (tertiary alicyclic amines) is 1. The van der Waals surface area contributed by atoms with E-state index in [1.54, 1.807) is 0 Å².